The standard InChI is InChI=1S/C10H16N4O2/c1-7(2)9(11)6-13-10-4-3-8(5-12-10)14(15)16/h3-5,7,9H,6,11H2,1-2H3,(H,12,13). The van der Waals surface area contributed by atoms with Gasteiger partial charge in [-0.2, -0.15) is 0 Å². The molecule has 0 aromatic carbocycles. The molecule has 0 bridgehead atoms. The van der Waals surface area contributed by atoms with Gasteiger partial charge in [0.1, 0.15) is 12.0 Å². The average molecular weight is 224 g/mol. The van der Waals surface area contributed by atoms with Crippen LogP contribution in [0.5, 0.6) is 0 Å². The van der Waals surface area contributed by atoms with Crippen LogP contribution in [-0.4, -0.2) is 22.5 Å². The van der Waals surface area contributed by atoms with Gasteiger partial charge >= 0.3 is 0 Å². The van der Waals surface area contributed by atoms with Gasteiger partial charge in [0, 0.05) is 18.7 Å². The first-order valence-corrected chi connectivity index (χ1v) is 5.10. The molecule has 0 saturated heterocycles. The Morgan fingerprint density at radius 2 is 2.25 bits per heavy atom. The van der Waals surface area contributed by atoms with Gasteiger partial charge in [0.25, 0.3) is 5.69 Å². The van der Waals surface area contributed by atoms with Gasteiger partial charge in [-0.05, 0) is 12.0 Å². The minimum absolute atomic E-state index is 0.0151. The Morgan fingerprint density at radius 3 is 2.69 bits per heavy atom. The first kappa shape index (κ1) is 12.4. The van der Waals surface area contributed by atoms with Crippen molar-refractivity contribution in [2.24, 2.45) is 11.7 Å². The lowest BCUT2D eigenvalue weighted by atomic mass is 10.1. The van der Waals surface area contributed by atoms with E-state index in [1.165, 1.54) is 12.3 Å². The van der Waals surface area contributed by atoms with Gasteiger partial charge < -0.3 is 11.1 Å². The predicted octanol–water partition coefficient (Wildman–Crippen LogP) is 1.39. The summed E-state index contributed by atoms with van der Waals surface area (Å²) in [6.45, 7) is 4.67. The molecule has 1 heterocycles. The number of hydrogen-bond donors (Lipinski definition) is 2. The van der Waals surface area contributed by atoms with Crippen LogP contribution in [0.25, 0.3) is 0 Å². The molecule has 3 N–H and O–H groups in total. The highest BCUT2D eigenvalue weighted by Crippen LogP contribution is 2.11. The number of nitrogens with zero attached hydrogens (tertiary/aromatic N) is 2. The fraction of sp³-hybridized carbons (Fsp3) is 0.500. The number of hydrogen-bond acceptors (Lipinski definition) is 5. The Balaban J connectivity index is 2.53. The summed E-state index contributed by atoms with van der Waals surface area (Å²) < 4.78 is 0. The zero-order valence-electron chi connectivity index (χ0n) is 9.38. The quantitative estimate of drug-likeness (QED) is 0.582. The summed E-state index contributed by atoms with van der Waals surface area (Å²) in [5, 5.41) is 13.4. The Bertz CT molecular complexity index is 350. The van der Waals surface area contributed by atoms with Crippen molar-refractivity contribution in [2.75, 3.05) is 11.9 Å². The number of nitrogens with one attached hydrogen (secondary N) is 1. The molecule has 0 aliphatic heterocycles. The summed E-state index contributed by atoms with van der Waals surface area (Å²) in [5.74, 6) is 0.979. The zero-order valence-corrected chi connectivity index (χ0v) is 9.38. The molecular formula is C10H16N4O2. The molecule has 0 amide bonds. The van der Waals surface area contributed by atoms with Crippen molar-refractivity contribution < 1.29 is 4.92 Å². The van der Waals surface area contributed by atoms with Crippen LogP contribution in [0.4, 0.5) is 11.5 Å². The second-order valence-corrected chi connectivity index (χ2v) is 3.95. The molecule has 0 aliphatic carbocycles. The molecule has 0 saturated carbocycles. The van der Waals surface area contributed by atoms with E-state index in [4.69, 9.17) is 5.73 Å². The molecule has 1 aromatic rings. The van der Waals surface area contributed by atoms with Gasteiger partial charge in [0.15, 0.2) is 0 Å². The van der Waals surface area contributed by atoms with E-state index in [0.717, 1.165) is 0 Å². The van der Waals surface area contributed by atoms with E-state index in [1.54, 1.807) is 6.07 Å². The maximum Gasteiger partial charge on any atom is 0.287 e. The Morgan fingerprint density at radius 1 is 1.56 bits per heavy atom. The third-order valence-electron chi connectivity index (χ3n) is 2.33. The molecule has 1 unspecified atom stereocenters. The van der Waals surface area contributed by atoms with Crippen LogP contribution < -0.4 is 11.1 Å². The van der Waals surface area contributed by atoms with Crippen molar-refractivity contribution in [1.82, 2.24) is 4.98 Å². The lowest BCUT2D eigenvalue weighted by Gasteiger charge is -2.16. The summed E-state index contributed by atoms with van der Waals surface area (Å²) in [6.07, 6.45) is 1.23. The number of anilines is 1. The number of aromatic nitrogens is 1. The van der Waals surface area contributed by atoms with Gasteiger partial charge in [0.05, 0.1) is 4.92 Å². The Labute approximate surface area is 94.0 Å². The molecule has 16 heavy (non-hydrogen) atoms. The van der Waals surface area contributed by atoms with E-state index in [2.05, 4.69) is 10.3 Å². The third-order valence-corrected chi connectivity index (χ3v) is 2.33. The first-order valence-electron chi connectivity index (χ1n) is 5.10. The van der Waals surface area contributed by atoms with Gasteiger partial charge in [-0.1, -0.05) is 13.8 Å². The molecule has 1 aromatic heterocycles. The van der Waals surface area contributed by atoms with Crippen molar-refractivity contribution in [2.45, 2.75) is 19.9 Å². The summed E-state index contributed by atoms with van der Waals surface area (Å²) >= 11 is 0. The largest absolute Gasteiger partial charge is 0.369 e. The van der Waals surface area contributed by atoms with Crippen molar-refractivity contribution in [1.29, 1.82) is 0 Å². The molecule has 0 radical (unpaired) electrons. The van der Waals surface area contributed by atoms with Crippen LogP contribution in [0.3, 0.4) is 0 Å². The van der Waals surface area contributed by atoms with E-state index in [0.29, 0.717) is 18.3 Å². The maximum absolute atomic E-state index is 10.4. The lowest BCUT2D eigenvalue weighted by molar-refractivity contribution is -0.385. The van der Waals surface area contributed by atoms with Crippen molar-refractivity contribution >= 4 is 11.5 Å². The molecule has 0 spiro atoms. The SMILES string of the molecule is CC(C)C(N)CNc1ccc([N+](=O)[O-])cn1. The Hall–Kier alpha value is -1.69. The highest BCUT2D eigenvalue weighted by molar-refractivity contribution is 5.40. The van der Waals surface area contributed by atoms with Crippen LogP contribution in [0.2, 0.25) is 0 Å². The summed E-state index contributed by atoms with van der Waals surface area (Å²) in [7, 11) is 0. The Kier molecular flexibility index (Phi) is 4.19. The number of pyridine rings is 1. The topological polar surface area (TPSA) is 94.1 Å². The molecule has 6 heteroatoms. The summed E-state index contributed by atoms with van der Waals surface area (Å²) in [6, 6.07) is 3.03. The van der Waals surface area contributed by atoms with Crippen LogP contribution in [0.15, 0.2) is 18.3 Å². The zero-order chi connectivity index (χ0) is 12.1. The van der Waals surface area contributed by atoms with E-state index in [1.807, 2.05) is 13.8 Å². The highest BCUT2D eigenvalue weighted by atomic mass is 16.6. The highest BCUT2D eigenvalue weighted by Gasteiger charge is 2.08. The van der Waals surface area contributed by atoms with Crippen LogP contribution in [-0.2, 0) is 0 Å². The number of nitrogens with two attached hydrogens (primary N) is 1. The minimum Gasteiger partial charge on any atom is -0.369 e. The predicted molar refractivity (Wildman–Crippen MR) is 62.2 cm³/mol. The molecule has 6 nitrogen and oxygen atoms in total. The monoisotopic (exact) mass is 224 g/mol. The van der Waals surface area contributed by atoms with Crippen LogP contribution >= 0.6 is 0 Å². The summed E-state index contributed by atoms with van der Waals surface area (Å²) in [5.41, 5.74) is 5.83. The molecule has 88 valence electrons. The molecule has 1 rings (SSSR count). The average Bonchev–Trinajstić information content (AvgIpc) is 2.26. The summed E-state index contributed by atoms with van der Waals surface area (Å²) in [4.78, 5) is 13.8. The molecular weight excluding hydrogens is 208 g/mol. The lowest BCUT2D eigenvalue weighted by Crippen LogP contribution is -2.34. The van der Waals surface area contributed by atoms with Gasteiger partial charge in [0.2, 0.25) is 0 Å². The molecule has 1 atom stereocenters. The second-order valence-electron chi connectivity index (χ2n) is 3.95. The van der Waals surface area contributed by atoms with E-state index < -0.39 is 4.92 Å². The first-order chi connectivity index (χ1) is 7.50. The third kappa shape index (κ3) is 3.47. The normalized spacial score (nSPS) is 12.5. The van der Waals surface area contributed by atoms with E-state index in [-0.39, 0.29) is 11.7 Å². The van der Waals surface area contributed by atoms with Crippen LogP contribution in [0.1, 0.15) is 13.8 Å². The fourth-order valence-electron chi connectivity index (χ4n) is 1.06. The molecule has 0 aliphatic rings. The van der Waals surface area contributed by atoms with Crippen molar-refractivity contribution in [3.63, 3.8) is 0 Å². The van der Waals surface area contributed by atoms with Gasteiger partial charge in [-0.25, -0.2) is 4.98 Å². The van der Waals surface area contributed by atoms with Crippen molar-refractivity contribution in [3.05, 3.63) is 28.4 Å². The van der Waals surface area contributed by atoms with E-state index in [9.17, 15) is 10.1 Å². The van der Waals surface area contributed by atoms with Gasteiger partial charge in [-0.3, -0.25) is 10.1 Å². The molecule has 0 fully saturated rings. The second kappa shape index (κ2) is 5.41. The van der Waals surface area contributed by atoms with E-state index >= 15 is 0 Å². The van der Waals surface area contributed by atoms with Crippen LogP contribution in [0, 0.1) is 16.0 Å². The van der Waals surface area contributed by atoms with Crippen molar-refractivity contribution in [3.8, 4) is 0 Å². The number of nitro groups is 1. The fourth-order valence-corrected chi connectivity index (χ4v) is 1.06. The smallest absolute Gasteiger partial charge is 0.287 e. The minimum atomic E-state index is -0.476. The van der Waals surface area contributed by atoms with Gasteiger partial charge in [-0.15, -0.1) is 0 Å². The number of rotatable bonds is 5. The maximum atomic E-state index is 10.4.